The molecule has 1 aliphatic carbocycles. The molecule has 3 rings (SSSR count). The Hall–Kier alpha value is -2.21. The van der Waals surface area contributed by atoms with Crippen molar-refractivity contribution in [1.82, 2.24) is 9.88 Å². The average molecular weight is 358 g/mol. The van der Waals surface area contributed by atoms with Crippen LogP contribution in [0.2, 0.25) is 0 Å². The van der Waals surface area contributed by atoms with Crippen LogP contribution in [0.5, 0.6) is 0 Å². The maximum atomic E-state index is 12.2. The minimum atomic E-state index is -0.523. The Morgan fingerprint density at radius 2 is 2.04 bits per heavy atom. The highest BCUT2D eigenvalue weighted by Gasteiger charge is 2.22. The number of fused-ring (bicyclic) bond motifs is 1. The molecule has 1 heterocycles. The van der Waals surface area contributed by atoms with Crippen LogP contribution in [0.15, 0.2) is 30.3 Å². The summed E-state index contributed by atoms with van der Waals surface area (Å²) in [6.07, 6.45) is 8.58. The number of hydrogen-bond acceptors (Lipinski definition) is 5. The third-order valence-corrected chi connectivity index (χ3v) is 5.53. The number of thiazole rings is 1. The van der Waals surface area contributed by atoms with Crippen LogP contribution in [-0.4, -0.2) is 41.5 Å². The van der Waals surface area contributed by atoms with Gasteiger partial charge in [-0.3, -0.25) is 4.79 Å². The van der Waals surface area contributed by atoms with Crippen LogP contribution in [0.25, 0.3) is 16.3 Å². The second kappa shape index (κ2) is 8.25. The van der Waals surface area contributed by atoms with Crippen molar-refractivity contribution in [1.29, 1.82) is 0 Å². The number of nitrogens with zero attached hydrogens (tertiary/aromatic N) is 2. The predicted molar refractivity (Wildman–Crippen MR) is 99.3 cm³/mol. The Bertz CT molecular complexity index is 745. The number of carbonyl (C=O) groups excluding carboxylic acids is 2. The number of amides is 1. The number of aromatic nitrogens is 1. The fourth-order valence-electron chi connectivity index (χ4n) is 3.06. The summed E-state index contributed by atoms with van der Waals surface area (Å²) in [5.74, 6) is -0.668. The number of rotatable bonds is 5. The number of benzene rings is 1. The lowest BCUT2D eigenvalue weighted by molar-refractivity contribution is -0.148. The summed E-state index contributed by atoms with van der Waals surface area (Å²) < 4.78 is 6.14. The van der Waals surface area contributed by atoms with Gasteiger partial charge in [0.15, 0.2) is 6.61 Å². The van der Waals surface area contributed by atoms with Crippen LogP contribution in [0.1, 0.15) is 37.1 Å². The van der Waals surface area contributed by atoms with Gasteiger partial charge in [0.05, 0.1) is 10.2 Å². The topological polar surface area (TPSA) is 59.5 Å². The molecule has 1 saturated carbocycles. The molecule has 1 aromatic heterocycles. The van der Waals surface area contributed by atoms with Crippen LogP contribution >= 0.6 is 11.3 Å². The van der Waals surface area contributed by atoms with E-state index in [1.807, 2.05) is 24.3 Å². The van der Waals surface area contributed by atoms with Crippen molar-refractivity contribution in [3.8, 4) is 0 Å². The fourth-order valence-corrected chi connectivity index (χ4v) is 3.93. The van der Waals surface area contributed by atoms with Crippen LogP contribution in [0, 0.1) is 0 Å². The molecular weight excluding hydrogens is 336 g/mol. The van der Waals surface area contributed by atoms with Crippen LogP contribution in [0.3, 0.4) is 0 Å². The minimum absolute atomic E-state index is 0.145. The number of ether oxygens (including phenoxy) is 1. The first-order valence-corrected chi connectivity index (χ1v) is 9.41. The van der Waals surface area contributed by atoms with Gasteiger partial charge in [0.25, 0.3) is 5.91 Å². The third kappa shape index (κ3) is 4.66. The fraction of sp³-hybridized carbons (Fsp3) is 0.421. The lowest BCUT2D eigenvalue weighted by atomic mass is 9.94. The molecule has 0 bridgehead atoms. The standard InChI is InChI=1S/C19H22N2O3S/c1-21(14-7-3-2-4-8-14)18(22)13-24-19(23)12-11-17-20-15-9-5-6-10-16(15)25-17/h5-6,9-12,14H,2-4,7-8,13H2,1H3/b12-11+. The summed E-state index contributed by atoms with van der Waals surface area (Å²) >= 11 is 1.51. The van der Waals surface area contributed by atoms with Crippen LogP contribution in [0.4, 0.5) is 0 Å². The maximum Gasteiger partial charge on any atom is 0.331 e. The molecule has 25 heavy (non-hydrogen) atoms. The second-order valence-corrected chi connectivity index (χ2v) is 7.32. The van der Waals surface area contributed by atoms with E-state index in [1.165, 1.54) is 23.8 Å². The Balaban J connectivity index is 1.49. The Morgan fingerprint density at radius 3 is 2.80 bits per heavy atom. The van der Waals surface area contributed by atoms with Gasteiger partial charge in [0.2, 0.25) is 0 Å². The molecule has 1 aromatic carbocycles. The molecule has 0 spiro atoms. The van der Waals surface area contributed by atoms with E-state index >= 15 is 0 Å². The lowest BCUT2D eigenvalue weighted by Crippen LogP contribution is -2.40. The molecule has 0 saturated heterocycles. The monoisotopic (exact) mass is 358 g/mol. The number of esters is 1. The zero-order chi connectivity index (χ0) is 17.6. The quantitative estimate of drug-likeness (QED) is 0.605. The van der Waals surface area contributed by atoms with Crippen LogP contribution in [-0.2, 0) is 14.3 Å². The van der Waals surface area contributed by atoms with Gasteiger partial charge in [-0.05, 0) is 31.1 Å². The van der Waals surface area contributed by atoms with E-state index in [0.29, 0.717) is 0 Å². The van der Waals surface area contributed by atoms with E-state index in [0.717, 1.165) is 40.9 Å². The Labute approximate surface area is 151 Å². The Kier molecular flexibility index (Phi) is 5.81. The number of carbonyl (C=O) groups is 2. The molecule has 0 radical (unpaired) electrons. The van der Waals surface area contributed by atoms with E-state index in [2.05, 4.69) is 4.98 Å². The molecular formula is C19H22N2O3S. The molecule has 132 valence electrons. The molecule has 1 fully saturated rings. The summed E-state index contributed by atoms with van der Waals surface area (Å²) in [4.78, 5) is 30.1. The van der Waals surface area contributed by atoms with E-state index in [-0.39, 0.29) is 18.6 Å². The molecule has 0 N–H and O–H groups in total. The average Bonchev–Trinajstić information content (AvgIpc) is 3.07. The van der Waals surface area contributed by atoms with Gasteiger partial charge >= 0.3 is 5.97 Å². The molecule has 1 amide bonds. The van der Waals surface area contributed by atoms with Crippen molar-refractivity contribution in [3.05, 3.63) is 35.3 Å². The first-order chi connectivity index (χ1) is 12.1. The van der Waals surface area contributed by atoms with Crippen molar-refractivity contribution >= 4 is 39.5 Å². The van der Waals surface area contributed by atoms with Crippen molar-refractivity contribution in [2.24, 2.45) is 0 Å². The molecule has 5 nitrogen and oxygen atoms in total. The summed E-state index contributed by atoms with van der Waals surface area (Å²) in [7, 11) is 1.79. The van der Waals surface area contributed by atoms with Gasteiger partial charge in [0, 0.05) is 19.2 Å². The summed E-state index contributed by atoms with van der Waals surface area (Å²) in [5, 5.41) is 0.740. The van der Waals surface area contributed by atoms with Crippen molar-refractivity contribution < 1.29 is 14.3 Å². The van der Waals surface area contributed by atoms with Gasteiger partial charge in [-0.1, -0.05) is 31.4 Å². The highest BCUT2D eigenvalue weighted by atomic mass is 32.1. The zero-order valence-electron chi connectivity index (χ0n) is 14.3. The number of likely N-dealkylation sites (N-methyl/N-ethyl adjacent to an activating group) is 1. The predicted octanol–water partition coefficient (Wildman–Crippen LogP) is 3.64. The van der Waals surface area contributed by atoms with Crippen LogP contribution < -0.4 is 0 Å². The molecule has 0 atom stereocenters. The largest absolute Gasteiger partial charge is 0.452 e. The van der Waals surface area contributed by atoms with E-state index in [1.54, 1.807) is 18.0 Å². The summed E-state index contributed by atoms with van der Waals surface area (Å²) in [6, 6.07) is 8.08. The Morgan fingerprint density at radius 1 is 1.28 bits per heavy atom. The molecule has 6 heteroatoms. The molecule has 0 unspecified atom stereocenters. The second-order valence-electron chi connectivity index (χ2n) is 6.26. The smallest absolute Gasteiger partial charge is 0.331 e. The first kappa shape index (κ1) is 17.6. The van der Waals surface area contributed by atoms with Crippen molar-refractivity contribution in [3.63, 3.8) is 0 Å². The lowest BCUT2D eigenvalue weighted by Gasteiger charge is -2.31. The molecule has 2 aromatic rings. The SMILES string of the molecule is CN(C(=O)COC(=O)/C=C/c1nc2ccccc2s1)C1CCCCC1. The zero-order valence-corrected chi connectivity index (χ0v) is 15.1. The molecule has 0 aliphatic heterocycles. The first-order valence-electron chi connectivity index (χ1n) is 8.59. The van der Waals surface area contributed by atoms with E-state index in [9.17, 15) is 9.59 Å². The van der Waals surface area contributed by atoms with Gasteiger partial charge in [-0.15, -0.1) is 11.3 Å². The highest BCUT2D eigenvalue weighted by Crippen LogP contribution is 2.23. The van der Waals surface area contributed by atoms with Gasteiger partial charge < -0.3 is 9.64 Å². The maximum absolute atomic E-state index is 12.2. The van der Waals surface area contributed by atoms with E-state index in [4.69, 9.17) is 4.74 Å². The van der Waals surface area contributed by atoms with Gasteiger partial charge in [0.1, 0.15) is 5.01 Å². The third-order valence-electron chi connectivity index (χ3n) is 4.53. The summed E-state index contributed by atoms with van der Waals surface area (Å²) in [6.45, 7) is -0.212. The number of hydrogen-bond donors (Lipinski definition) is 0. The normalized spacial score (nSPS) is 15.6. The van der Waals surface area contributed by atoms with Gasteiger partial charge in [-0.2, -0.15) is 0 Å². The summed E-state index contributed by atoms with van der Waals surface area (Å²) in [5.41, 5.74) is 0.907. The minimum Gasteiger partial charge on any atom is -0.452 e. The van der Waals surface area contributed by atoms with E-state index < -0.39 is 5.97 Å². The highest BCUT2D eigenvalue weighted by molar-refractivity contribution is 7.19. The van der Waals surface area contributed by atoms with Gasteiger partial charge in [-0.25, -0.2) is 9.78 Å². The van der Waals surface area contributed by atoms with Crippen molar-refractivity contribution in [2.45, 2.75) is 38.1 Å². The number of para-hydroxylation sites is 1. The molecule has 1 aliphatic rings. The van der Waals surface area contributed by atoms with Crippen molar-refractivity contribution in [2.75, 3.05) is 13.7 Å².